The Morgan fingerprint density at radius 1 is 1.33 bits per heavy atom. The van der Waals surface area contributed by atoms with Gasteiger partial charge in [0, 0.05) is 0 Å². The molecular formula is C15H23O5P. The molecule has 0 aliphatic heterocycles. The van der Waals surface area contributed by atoms with Crippen LogP contribution < -0.4 is 4.74 Å². The number of aryl methyl sites for hydroxylation is 1. The minimum Gasteiger partial charge on any atom is -0.466 e. The van der Waals surface area contributed by atoms with Gasteiger partial charge >= 0.3 is 7.82 Å². The van der Waals surface area contributed by atoms with E-state index in [1.165, 1.54) is 12.8 Å². The van der Waals surface area contributed by atoms with Gasteiger partial charge in [-0.15, -0.1) is 0 Å². The van der Waals surface area contributed by atoms with E-state index in [1.807, 2.05) is 18.2 Å². The summed E-state index contributed by atoms with van der Waals surface area (Å²) >= 11 is 0. The molecule has 1 aliphatic carbocycles. The fourth-order valence-corrected chi connectivity index (χ4v) is 2.54. The number of phosphoric ester groups is 1. The molecule has 0 saturated heterocycles. The number of benzene rings is 1. The standard InChI is InChI=1S/C15H23O5P/c1-11(2)14-5-3-4-13(9-8-12-6-7-12)15(14)19-10-20-21(16,17)18/h3-5,11-12H,6-10H2,1-2H3,(H2,16,17,18). The summed E-state index contributed by atoms with van der Waals surface area (Å²) in [6.07, 6.45) is 4.68. The van der Waals surface area contributed by atoms with E-state index < -0.39 is 14.6 Å². The van der Waals surface area contributed by atoms with Crippen LogP contribution in [0.4, 0.5) is 0 Å². The van der Waals surface area contributed by atoms with E-state index in [9.17, 15) is 4.57 Å². The Balaban J connectivity index is 2.10. The molecule has 1 aliphatic rings. The molecular weight excluding hydrogens is 291 g/mol. The van der Waals surface area contributed by atoms with Gasteiger partial charge in [0.25, 0.3) is 0 Å². The zero-order valence-corrected chi connectivity index (χ0v) is 13.4. The molecule has 0 atom stereocenters. The van der Waals surface area contributed by atoms with Crippen LogP contribution in [0.3, 0.4) is 0 Å². The summed E-state index contributed by atoms with van der Waals surface area (Å²) in [5.74, 6) is 1.81. The van der Waals surface area contributed by atoms with Gasteiger partial charge < -0.3 is 14.5 Å². The summed E-state index contributed by atoms with van der Waals surface area (Å²) in [5.41, 5.74) is 2.13. The van der Waals surface area contributed by atoms with Crippen molar-refractivity contribution >= 4 is 7.82 Å². The van der Waals surface area contributed by atoms with Crippen molar-refractivity contribution in [1.82, 2.24) is 0 Å². The molecule has 1 aromatic rings. The topological polar surface area (TPSA) is 76.0 Å². The predicted molar refractivity (Wildman–Crippen MR) is 80.2 cm³/mol. The lowest BCUT2D eigenvalue weighted by atomic mass is 9.96. The van der Waals surface area contributed by atoms with E-state index in [0.717, 1.165) is 29.9 Å². The second-order valence-electron chi connectivity index (χ2n) is 5.85. The fourth-order valence-electron chi connectivity index (χ4n) is 2.35. The van der Waals surface area contributed by atoms with Crippen LogP contribution in [0, 0.1) is 5.92 Å². The van der Waals surface area contributed by atoms with E-state index in [-0.39, 0.29) is 5.92 Å². The molecule has 0 spiro atoms. The first-order valence-corrected chi connectivity index (χ1v) is 8.84. The number of rotatable bonds is 8. The third-order valence-electron chi connectivity index (χ3n) is 3.69. The number of para-hydroxylation sites is 1. The molecule has 0 bridgehead atoms. The molecule has 0 amide bonds. The van der Waals surface area contributed by atoms with Crippen LogP contribution >= 0.6 is 7.82 Å². The first-order valence-electron chi connectivity index (χ1n) is 7.31. The highest BCUT2D eigenvalue weighted by atomic mass is 31.2. The molecule has 21 heavy (non-hydrogen) atoms. The van der Waals surface area contributed by atoms with Crippen LogP contribution in [0.1, 0.15) is 50.2 Å². The highest BCUT2D eigenvalue weighted by Gasteiger charge is 2.22. The van der Waals surface area contributed by atoms with E-state index in [0.29, 0.717) is 5.75 Å². The molecule has 0 heterocycles. The largest absolute Gasteiger partial charge is 0.472 e. The van der Waals surface area contributed by atoms with Gasteiger partial charge in [0.15, 0.2) is 6.79 Å². The lowest BCUT2D eigenvalue weighted by Crippen LogP contribution is -2.07. The molecule has 6 heteroatoms. The van der Waals surface area contributed by atoms with Crippen LogP contribution in [0.25, 0.3) is 0 Å². The second-order valence-corrected chi connectivity index (χ2v) is 7.09. The second kappa shape index (κ2) is 6.93. The van der Waals surface area contributed by atoms with Gasteiger partial charge in [-0.1, -0.05) is 44.9 Å². The van der Waals surface area contributed by atoms with Gasteiger partial charge in [-0.3, -0.25) is 0 Å². The van der Waals surface area contributed by atoms with Crippen molar-refractivity contribution in [3.63, 3.8) is 0 Å². The van der Waals surface area contributed by atoms with Crippen LogP contribution in [0.15, 0.2) is 18.2 Å². The summed E-state index contributed by atoms with van der Waals surface area (Å²) in [4.78, 5) is 17.5. The Labute approximate surface area is 125 Å². The lowest BCUT2D eigenvalue weighted by molar-refractivity contribution is 0.0812. The molecule has 0 unspecified atom stereocenters. The van der Waals surface area contributed by atoms with E-state index in [2.05, 4.69) is 18.4 Å². The SMILES string of the molecule is CC(C)c1cccc(CCC2CC2)c1OCOP(=O)(O)O. The van der Waals surface area contributed by atoms with Crippen molar-refractivity contribution in [2.24, 2.45) is 5.92 Å². The molecule has 5 nitrogen and oxygen atoms in total. The van der Waals surface area contributed by atoms with Gasteiger partial charge in [0.1, 0.15) is 5.75 Å². The zero-order chi connectivity index (χ0) is 15.5. The summed E-state index contributed by atoms with van der Waals surface area (Å²) in [7, 11) is -4.50. The van der Waals surface area contributed by atoms with Crippen molar-refractivity contribution in [2.45, 2.75) is 45.4 Å². The van der Waals surface area contributed by atoms with Crippen molar-refractivity contribution in [3.05, 3.63) is 29.3 Å². The Kier molecular flexibility index (Phi) is 5.44. The van der Waals surface area contributed by atoms with Crippen LogP contribution in [-0.4, -0.2) is 16.6 Å². The molecule has 1 fully saturated rings. The van der Waals surface area contributed by atoms with Gasteiger partial charge in [0.05, 0.1) is 0 Å². The van der Waals surface area contributed by atoms with Gasteiger partial charge in [-0.25, -0.2) is 9.09 Å². The maximum Gasteiger partial charge on any atom is 0.472 e. The van der Waals surface area contributed by atoms with Crippen LogP contribution in [0.5, 0.6) is 5.75 Å². The number of hydrogen-bond donors (Lipinski definition) is 2. The van der Waals surface area contributed by atoms with Crippen LogP contribution in [-0.2, 0) is 15.5 Å². The molecule has 1 aromatic carbocycles. The first kappa shape index (κ1) is 16.5. The summed E-state index contributed by atoms with van der Waals surface area (Å²) in [5, 5.41) is 0. The molecule has 2 rings (SSSR count). The van der Waals surface area contributed by atoms with Crippen molar-refractivity contribution in [2.75, 3.05) is 6.79 Å². The quantitative estimate of drug-likeness (QED) is 0.566. The van der Waals surface area contributed by atoms with Gasteiger partial charge in [0.2, 0.25) is 0 Å². The first-order chi connectivity index (χ1) is 9.87. The fraction of sp³-hybridized carbons (Fsp3) is 0.600. The highest BCUT2D eigenvalue weighted by Crippen LogP contribution is 2.38. The Morgan fingerprint density at radius 2 is 2.05 bits per heavy atom. The molecule has 2 N–H and O–H groups in total. The average Bonchev–Trinajstić information content (AvgIpc) is 3.19. The maximum atomic E-state index is 10.7. The number of phosphoric acid groups is 1. The minimum atomic E-state index is -4.50. The number of hydrogen-bond acceptors (Lipinski definition) is 3. The third-order valence-corrected chi connectivity index (χ3v) is 4.13. The van der Waals surface area contributed by atoms with Crippen molar-refractivity contribution in [1.29, 1.82) is 0 Å². The Hall–Kier alpha value is -0.870. The minimum absolute atomic E-state index is 0.274. The smallest absolute Gasteiger partial charge is 0.466 e. The Bertz CT molecular complexity index is 519. The summed E-state index contributed by atoms with van der Waals surface area (Å²) in [6, 6.07) is 6.01. The number of ether oxygens (including phenoxy) is 1. The maximum absolute atomic E-state index is 10.7. The van der Waals surface area contributed by atoms with E-state index in [4.69, 9.17) is 14.5 Å². The highest BCUT2D eigenvalue weighted by molar-refractivity contribution is 7.46. The Morgan fingerprint density at radius 3 is 2.62 bits per heavy atom. The summed E-state index contributed by atoms with van der Waals surface area (Å²) in [6.45, 7) is 3.69. The zero-order valence-electron chi connectivity index (χ0n) is 12.5. The predicted octanol–water partition coefficient (Wildman–Crippen LogP) is 3.60. The monoisotopic (exact) mass is 314 g/mol. The molecule has 0 aromatic heterocycles. The third kappa shape index (κ3) is 5.44. The summed E-state index contributed by atoms with van der Waals surface area (Å²) < 4.78 is 20.7. The van der Waals surface area contributed by atoms with Crippen molar-refractivity contribution in [3.8, 4) is 5.75 Å². The van der Waals surface area contributed by atoms with E-state index >= 15 is 0 Å². The molecule has 0 radical (unpaired) electrons. The van der Waals surface area contributed by atoms with Crippen LogP contribution in [0.2, 0.25) is 0 Å². The van der Waals surface area contributed by atoms with E-state index in [1.54, 1.807) is 0 Å². The molecule has 118 valence electrons. The van der Waals surface area contributed by atoms with Gasteiger partial charge in [-0.2, -0.15) is 0 Å². The molecule has 1 saturated carbocycles. The van der Waals surface area contributed by atoms with Crippen molar-refractivity contribution < 1.29 is 23.6 Å². The normalized spacial score (nSPS) is 15.5. The lowest BCUT2D eigenvalue weighted by Gasteiger charge is -2.18. The average molecular weight is 314 g/mol. The van der Waals surface area contributed by atoms with Gasteiger partial charge in [-0.05, 0) is 35.8 Å².